The number of nitrogens with zero attached hydrogens (tertiary/aromatic N) is 5. The maximum absolute atomic E-state index is 5.76. The number of hydrogen-bond donors (Lipinski definition) is 2. The minimum atomic E-state index is 0. The Balaban J connectivity index is 0.00000256. The molecule has 0 bridgehead atoms. The van der Waals surface area contributed by atoms with Crippen LogP contribution in [-0.4, -0.2) is 51.3 Å². The van der Waals surface area contributed by atoms with Crippen LogP contribution in [0.4, 0.5) is 0 Å². The Hall–Kier alpha value is -1.62. The predicted molar refractivity (Wildman–Crippen MR) is 128 cm³/mol. The molecule has 1 saturated carbocycles. The van der Waals surface area contributed by atoms with Crippen molar-refractivity contribution in [3.63, 3.8) is 0 Å². The summed E-state index contributed by atoms with van der Waals surface area (Å²) < 4.78 is 7.75. The summed E-state index contributed by atoms with van der Waals surface area (Å²) >= 11 is 0. The van der Waals surface area contributed by atoms with E-state index in [2.05, 4.69) is 31.8 Å². The van der Waals surface area contributed by atoms with E-state index >= 15 is 0 Å². The zero-order valence-corrected chi connectivity index (χ0v) is 20.3. The Morgan fingerprint density at radius 2 is 2.00 bits per heavy atom. The standard InChI is InChI=1S/C21H33N7O.HI/c1-16-25-26-20(27(16)2)15-23-21(24-17-8-3-4-9-17)22-14-18(19-10-7-13-29-19)28-11-5-6-12-28;/h7,10,13,17-18H,3-6,8-9,11-12,14-15H2,1-2H3,(H2,22,23,24);1H. The summed E-state index contributed by atoms with van der Waals surface area (Å²) in [6.45, 7) is 5.47. The maximum Gasteiger partial charge on any atom is 0.191 e. The monoisotopic (exact) mass is 527 g/mol. The Kier molecular flexibility index (Phi) is 8.55. The number of hydrogen-bond acceptors (Lipinski definition) is 5. The molecule has 4 rings (SSSR count). The Morgan fingerprint density at radius 3 is 2.63 bits per heavy atom. The Bertz CT molecular complexity index is 792. The highest BCUT2D eigenvalue weighted by Gasteiger charge is 2.26. The highest BCUT2D eigenvalue weighted by Crippen LogP contribution is 2.25. The molecule has 8 nitrogen and oxygen atoms in total. The van der Waals surface area contributed by atoms with Crippen molar-refractivity contribution < 1.29 is 4.42 Å². The Labute approximate surface area is 195 Å². The van der Waals surface area contributed by atoms with Crippen molar-refractivity contribution in [2.75, 3.05) is 19.6 Å². The van der Waals surface area contributed by atoms with E-state index in [9.17, 15) is 0 Å². The molecule has 2 aromatic rings. The van der Waals surface area contributed by atoms with Gasteiger partial charge >= 0.3 is 0 Å². The van der Waals surface area contributed by atoms with Gasteiger partial charge in [0.25, 0.3) is 0 Å². The van der Waals surface area contributed by atoms with E-state index in [1.807, 2.05) is 24.6 Å². The molecular formula is C21H34IN7O. The molecule has 0 spiro atoms. The van der Waals surface area contributed by atoms with Crippen LogP contribution in [0.1, 0.15) is 62.0 Å². The number of furan rings is 1. The minimum absolute atomic E-state index is 0. The number of aliphatic imine (C=N–C) groups is 1. The second-order valence-corrected chi connectivity index (χ2v) is 8.17. The minimum Gasteiger partial charge on any atom is -0.468 e. The van der Waals surface area contributed by atoms with Crippen molar-refractivity contribution in [1.82, 2.24) is 30.3 Å². The SMILES string of the molecule is Cc1nnc(CN=C(NCC(c2ccco2)N2CCCC2)NC2CCCC2)n1C.I. The molecule has 30 heavy (non-hydrogen) atoms. The molecule has 0 radical (unpaired) electrons. The maximum atomic E-state index is 5.76. The topological polar surface area (TPSA) is 83.5 Å². The molecule has 2 N–H and O–H groups in total. The summed E-state index contributed by atoms with van der Waals surface area (Å²) in [4.78, 5) is 7.34. The van der Waals surface area contributed by atoms with E-state index in [4.69, 9.17) is 9.41 Å². The molecule has 1 aliphatic carbocycles. The van der Waals surface area contributed by atoms with Crippen molar-refractivity contribution in [2.45, 2.75) is 64.1 Å². The quantitative estimate of drug-likeness (QED) is 0.327. The molecule has 1 saturated heterocycles. The number of rotatable bonds is 7. The molecule has 1 atom stereocenters. The van der Waals surface area contributed by atoms with Crippen LogP contribution in [0, 0.1) is 6.92 Å². The van der Waals surface area contributed by atoms with Gasteiger partial charge in [0.2, 0.25) is 0 Å². The largest absolute Gasteiger partial charge is 0.468 e. The van der Waals surface area contributed by atoms with Crippen LogP contribution < -0.4 is 10.6 Å². The molecule has 2 fully saturated rings. The van der Waals surface area contributed by atoms with Gasteiger partial charge in [-0.05, 0) is 57.8 Å². The number of aromatic nitrogens is 3. The number of nitrogens with one attached hydrogen (secondary N) is 2. The molecule has 2 aliphatic rings. The summed E-state index contributed by atoms with van der Waals surface area (Å²) in [5.74, 6) is 3.65. The van der Waals surface area contributed by atoms with Crippen LogP contribution in [0.15, 0.2) is 27.8 Å². The molecular weight excluding hydrogens is 493 g/mol. The van der Waals surface area contributed by atoms with Crippen LogP contribution in [-0.2, 0) is 13.6 Å². The molecule has 0 amide bonds. The third kappa shape index (κ3) is 5.75. The van der Waals surface area contributed by atoms with Gasteiger partial charge in [-0.25, -0.2) is 4.99 Å². The van der Waals surface area contributed by atoms with Gasteiger partial charge < -0.3 is 19.6 Å². The first-order valence-corrected chi connectivity index (χ1v) is 10.9. The summed E-state index contributed by atoms with van der Waals surface area (Å²) in [5.41, 5.74) is 0. The molecule has 0 aromatic carbocycles. The van der Waals surface area contributed by atoms with Crippen molar-refractivity contribution in [2.24, 2.45) is 12.0 Å². The van der Waals surface area contributed by atoms with Crippen LogP contribution in [0.3, 0.4) is 0 Å². The second kappa shape index (κ2) is 11.1. The van der Waals surface area contributed by atoms with Crippen LogP contribution >= 0.6 is 24.0 Å². The molecule has 9 heteroatoms. The van der Waals surface area contributed by atoms with Gasteiger partial charge in [0.1, 0.15) is 18.1 Å². The van der Waals surface area contributed by atoms with Gasteiger partial charge in [0.05, 0.1) is 12.3 Å². The predicted octanol–water partition coefficient (Wildman–Crippen LogP) is 3.15. The average molecular weight is 527 g/mol. The van der Waals surface area contributed by atoms with Crippen LogP contribution in [0.5, 0.6) is 0 Å². The average Bonchev–Trinajstić information content (AvgIpc) is 3.52. The van der Waals surface area contributed by atoms with Gasteiger partial charge in [-0.2, -0.15) is 0 Å². The molecule has 2 aromatic heterocycles. The third-order valence-corrected chi connectivity index (χ3v) is 6.17. The van der Waals surface area contributed by atoms with Gasteiger partial charge in [0.15, 0.2) is 11.8 Å². The van der Waals surface area contributed by atoms with E-state index in [1.54, 1.807) is 6.26 Å². The smallest absolute Gasteiger partial charge is 0.191 e. The van der Waals surface area contributed by atoms with E-state index in [0.29, 0.717) is 12.6 Å². The molecule has 1 unspecified atom stereocenters. The molecule has 166 valence electrons. The zero-order valence-electron chi connectivity index (χ0n) is 18.0. The van der Waals surface area contributed by atoms with E-state index in [1.165, 1.54) is 38.5 Å². The first-order valence-electron chi connectivity index (χ1n) is 10.9. The summed E-state index contributed by atoms with van der Waals surface area (Å²) in [7, 11) is 1.98. The van der Waals surface area contributed by atoms with E-state index < -0.39 is 0 Å². The van der Waals surface area contributed by atoms with Crippen molar-refractivity contribution in [1.29, 1.82) is 0 Å². The lowest BCUT2D eigenvalue weighted by atomic mass is 10.2. The first-order chi connectivity index (χ1) is 14.2. The summed E-state index contributed by atoms with van der Waals surface area (Å²) in [5, 5.41) is 15.6. The lowest BCUT2D eigenvalue weighted by molar-refractivity contribution is 0.215. The number of halogens is 1. The van der Waals surface area contributed by atoms with Crippen molar-refractivity contribution >= 4 is 29.9 Å². The van der Waals surface area contributed by atoms with Gasteiger partial charge in [0, 0.05) is 19.6 Å². The fourth-order valence-corrected chi connectivity index (χ4v) is 4.29. The number of aryl methyl sites for hydroxylation is 1. The van der Waals surface area contributed by atoms with Crippen molar-refractivity contribution in [3.8, 4) is 0 Å². The van der Waals surface area contributed by atoms with Gasteiger partial charge in [-0.3, -0.25) is 4.90 Å². The van der Waals surface area contributed by atoms with Gasteiger partial charge in [-0.1, -0.05) is 12.8 Å². The first kappa shape index (κ1) is 23.1. The third-order valence-electron chi connectivity index (χ3n) is 6.17. The lowest BCUT2D eigenvalue weighted by Crippen LogP contribution is -2.45. The van der Waals surface area contributed by atoms with Crippen LogP contribution in [0.2, 0.25) is 0 Å². The van der Waals surface area contributed by atoms with E-state index in [-0.39, 0.29) is 30.0 Å². The normalized spacial score (nSPS) is 19.1. The fourth-order valence-electron chi connectivity index (χ4n) is 4.29. The summed E-state index contributed by atoms with van der Waals surface area (Å²) in [6, 6.07) is 4.77. The second-order valence-electron chi connectivity index (χ2n) is 8.17. The Morgan fingerprint density at radius 1 is 1.23 bits per heavy atom. The number of guanidine groups is 1. The molecule has 1 aliphatic heterocycles. The highest BCUT2D eigenvalue weighted by atomic mass is 127. The van der Waals surface area contributed by atoms with Crippen LogP contribution in [0.25, 0.3) is 0 Å². The zero-order chi connectivity index (χ0) is 20.1. The summed E-state index contributed by atoms with van der Waals surface area (Å²) in [6.07, 6.45) is 9.26. The number of likely N-dealkylation sites (tertiary alicyclic amines) is 1. The highest BCUT2D eigenvalue weighted by molar-refractivity contribution is 14.0. The fraction of sp³-hybridized carbons (Fsp3) is 0.667. The lowest BCUT2D eigenvalue weighted by Gasteiger charge is -2.27. The van der Waals surface area contributed by atoms with Gasteiger partial charge in [-0.15, -0.1) is 34.2 Å². The van der Waals surface area contributed by atoms with E-state index in [0.717, 1.165) is 43.0 Å². The molecule has 3 heterocycles. The van der Waals surface area contributed by atoms with Crippen molar-refractivity contribution in [3.05, 3.63) is 35.8 Å².